The lowest BCUT2D eigenvalue weighted by molar-refractivity contribution is -0.142. The summed E-state index contributed by atoms with van der Waals surface area (Å²) in [4.78, 5) is 22.0. The van der Waals surface area contributed by atoms with Crippen molar-refractivity contribution >= 4 is 11.9 Å². The van der Waals surface area contributed by atoms with Gasteiger partial charge in [0.15, 0.2) is 0 Å². The summed E-state index contributed by atoms with van der Waals surface area (Å²) >= 11 is 0. The van der Waals surface area contributed by atoms with Gasteiger partial charge < -0.3 is 24.4 Å². The van der Waals surface area contributed by atoms with E-state index in [-0.39, 0.29) is 12.9 Å². The molecule has 7 nitrogen and oxygen atoms in total. The van der Waals surface area contributed by atoms with Gasteiger partial charge in [0, 0.05) is 25.7 Å². The predicted octanol–water partition coefficient (Wildman–Crippen LogP) is 1.66. The Morgan fingerprint density at radius 1 is 1.17 bits per heavy atom. The van der Waals surface area contributed by atoms with Gasteiger partial charge >= 0.3 is 11.9 Å². The van der Waals surface area contributed by atoms with Gasteiger partial charge in [0.1, 0.15) is 12.9 Å². The normalized spacial score (nSPS) is 15.7. The summed E-state index contributed by atoms with van der Waals surface area (Å²) in [7, 11) is 1.50. The number of carboxylic acids is 1. The van der Waals surface area contributed by atoms with Crippen LogP contribution in [0.3, 0.4) is 0 Å². The van der Waals surface area contributed by atoms with Crippen molar-refractivity contribution in [1.29, 1.82) is 0 Å². The standard InChI is InChI=1S/C16H26O7/c1-12(17)7-8-14(22-11-21-3)9-10-16(20)23-13(2)5-4-6-15(18)19/h4,6,9-10,12-14,17H,5,7-8,11H2,1-3H3,(H,18,19)/b6-4+,10-9+/t12-,13+,14+/m0/s1. The SMILES string of the molecule is COCO[C@@H](/C=C/C(=O)O[C@H](C)C/C=C/C(=O)O)CC[C@H](C)O. The zero-order valence-corrected chi connectivity index (χ0v) is 13.8. The van der Waals surface area contributed by atoms with Gasteiger partial charge in [0.25, 0.3) is 0 Å². The summed E-state index contributed by atoms with van der Waals surface area (Å²) < 4.78 is 15.3. The molecule has 0 aliphatic rings. The molecule has 0 saturated carbocycles. The van der Waals surface area contributed by atoms with E-state index in [4.69, 9.17) is 19.3 Å². The van der Waals surface area contributed by atoms with Gasteiger partial charge in [-0.05, 0) is 32.8 Å². The van der Waals surface area contributed by atoms with Crippen LogP contribution in [0.1, 0.15) is 33.1 Å². The third kappa shape index (κ3) is 13.7. The molecule has 0 radical (unpaired) electrons. The molecule has 132 valence electrons. The van der Waals surface area contributed by atoms with Crippen LogP contribution in [0.2, 0.25) is 0 Å². The Kier molecular flexibility index (Phi) is 11.9. The maximum absolute atomic E-state index is 11.7. The molecule has 0 unspecified atom stereocenters. The molecule has 0 aliphatic heterocycles. The van der Waals surface area contributed by atoms with Crippen LogP contribution in [-0.2, 0) is 23.8 Å². The van der Waals surface area contributed by atoms with Crippen molar-refractivity contribution < 1.29 is 34.0 Å². The average molecular weight is 330 g/mol. The first-order valence-electron chi connectivity index (χ1n) is 7.42. The van der Waals surface area contributed by atoms with Crippen LogP contribution in [0.5, 0.6) is 0 Å². The van der Waals surface area contributed by atoms with E-state index in [0.29, 0.717) is 19.3 Å². The Balaban J connectivity index is 4.32. The molecule has 0 fully saturated rings. The maximum Gasteiger partial charge on any atom is 0.330 e. The number of methoxy groups -OCH3 is 1. The van der Waals surface area contributed by atoms with E-state index in [2.05, 4.69) is 0 Å². The van der Waals surface area contributed by atoms with E-state index < -0.39 is 24.1 Å². The molecular weight excluding hydrogens is 304 g/mol. The minimum atomic E-state index is -1.04. The Morgan fingerprint density at radius 2 is 1.87 bits per heavy atom. The summed E-state index contributed by atoms with van der Waals surface area (Å²) in [6.07, 6.45) is 5.40. The molecule has 0 aliphatic carbocycles. The Bertz CT molecular complexity index is 401. The molecule has 0 aromatic carbocycles. The quantitative estimate of drug-likeness (QED) is 0.319. The molecule has 0 aromatic rings. The number of aliphatic carboxylic acids is 1. The van der Waals surface area contributed by atoms with Gasteiger partial charge in [-0.1, -0.05) is 6.08 Å². The van der Waals surface area contributed by atoms with Crippen LogP contribution in [0.15, 0.2) is 24.3 Å². The molecule has 0 saturated heterocycles. The average Bonchev–Trinajstić information content (AvgIpc) is 2.45. The monoisotopic (exact) mass is 330 g/mol. The molecule has 0 rings (SSSR count). The van der Waals surface area contributed by atoms with Crippen molar-refractivity contribution in [2.75, 3.05) is 13.9 Å². The summed E-state index contributed by atoms with van der Waals surface area (Å²) in [6.45, 7) is 3.43. The van der Waals surface area contributed by atoms with Crippen molar-refractivity contribution in [3.63, 3.8) is 0 Å². The molecule has 3 atom stereocenters. The van der Waals surface area contributed by atoms with Crippen LogP contribution >= 0.6 is 0 Å². The Labute approximate surface area is 136 Å². The van der Waals surface area contributed by atoms with Gasteiger partial charge in [-0.2, -0.15) is 0 Å². The number of ether oxygens (including phenoxy) is 3. The fraction of sp³-hybridized carbons (Fsp3) is 0.625. The highest BCUT2D eigenvalue weighted by Gasteiger charge is 2.10. The molecule has 0 spiro atoms. The largest absolute Gasteiger partial charge is 0.478 e. The fourth-order valence-corrected chi connectivity index (χ4v) is 1.63. The lowest BCUT2D eigenvalue weighted by atomic mass is 10.1. The number of hydrogen-bond donors (Lipinski definition) is 2. The van der Waals surface area contributed by atoms with Crippen LogP contribution in [0, 0.1) is 0 Å². The van der Waals surface area contributed by atoms with Crippen molar-refractivity contribution in [3.8, 4) is 0 Å². The first-order chi connectivity index (χ1) is 10.8. The summed E-state index contributed by atoms with van der Waals surface area (Å²) in [6, 6.07) is 0. The number of carbonyl (C=O) groups excluding carboxylic acids is 1. The zero-order valence-electron chi connectivity index (χ0n) is 13.8. The molecule has 23 heavy (non-hydrogen) atoms. The second-order valence-electron chi connectivity index (χ2n) is 5.12. The van der Waals surface area contributed by atoms with Crippen molar-refractivity contribution in [2.45, 2.75) is 51.4 Å². The molecular formula is C16H26O7. The van der Waals surface area contributed by atoms with Crippen molar-refractivity contribution in [3.05, 3.63) is 24.3 Å². The van der Waals surface area contributed by atoms with Gasteiger partial charge in [-0.15, -0.1) is 0 Å². The van der Waals surface area contributed by atoms with E-state index >= 15 is 0 Å². The van der Waals surface area contributed by atoms with Crippen LogP contribution in [0.4, 0.5) is 0 Å². The van der Waals surface area contributed by atoms with E-state index in [9.17, 15) is 14.7 Å². The zero-order chi connectivity index (χ0) is 17.7. The molecule has 0 aromatic heterocycles. The number of carbonyl (C=O) groups is 2. The summed E-state index contributed by atoms with van der Waals surface area (Å²) in [5.41, 5.74) is 0. The molecule has 0 heterocycles. The third-order valence-corrected chi connectivity index (χ3v) is 2.76. The maximum atomic E-state index is 11.7. The van der Waals surface area contributed by atoms with Crippen molar-refractivity contribution in [1.82, 2.24) is 0 Å². The highest BCUT2D eigenvalue weighted by molar-refractivity contribution is 5.82. The molecule has 7 heteroatoms. The Hall–Kier alpha value is -1.70. The van der Waals surface area contributed by atoms with E-state index in [0.717, 1.165) is 6.08 Å². The second-order valence-corrected chi connectivity index (χ2v) is 5.12. The number of aliphatic hydroxyl groups excluding tert-OH is 1. The summed E-state index contributed by atoms with van der Waals surface area (Å²) in [5.74, 6) is -1.58. The second kappa shape index (κ2) is 12.8. The first-order valence-corrected chi connectivity index (χ1v) is 7.42. The molecule has 0 bridgehead atoms. The van der Waals surface area contributed by atoms with Crippen molar-refractivity contribution in [2.24, 2.45) is 0 Å². The summed E-state index contributed by atoms with van der Waals surface area (Å²) in [5, 5.41) is 17.8. The topological polar surface area (TPSA) is 102 Å². The van der Waals surface area contributed by atoms with Gasteiger partial charge in [-0.25, -0.2) is 9.59 Å². The van der Waals surface area contributed by atoms with Crippen LogP contribution < -0.4 is 0 Å². The van der Waals surface area contributed by atoms with E-state index in [1.807, 2.05) is 0 Å². The highest BCUT2D eigenvalue weighted by Crippen LogP contribution is 2.08. The van der Waals surface area contributed by atoms with E-state index in [1.165, 1.54) is 19.3 Å². The van der Waals surface area contributed by atoms with Gasteiger partial charge in [0.05, 0.1) is 12.2 Å². The lowest BCUT2D eigenvalue weighted by Gasteiger charge is -2.14. The van der Waals surface area contributed by atoms with Gasteiger partial charge in [0.2, 0.25) is 0 Å². The number of rotatable bonds is 12. The lowest BCUT2D eigenvalue weighted by Crippen LogP contribution is -2.16. The number of esters is 1. The number of aliphatic hydroxyl groups is 1. The smallest absolute Gasteiger partial charge is 0.330 e. The molecule has 2 N–H and O–H groups in total. The minimum absolute atomic E-state index is 0.0836. The first kappa shape index (κ1) is 21.3. The highest BCUT2D eigenvalue weighted by atomic mass is 16.7. The Morgan fingerprint density at radius 3 is 2.43 bits per heavy atom. The fourth-order valence-electron chi connectivity index (χ4n) is 1.63. The number of carboxylic acid groups (broad SMARTS) is 1. The minimum Gasteiger partial charge on any atom is -0.478 e. The molecule has 0 amide bonds. The predicted molar refractivity (Wildman–Crippen MR) is 83.8 cm³/mol. The number of hydrogen-bond acceptors (Lipinski definition) is 6. The van der Waals surface area contributed by atoms with E-state index in [1.54, 1.807) is 19.9 Å². The van der Waals surface area contributed by atoms with Crippen LogP contribution in [-0.4, -0.2) is 54.4 Å². The third-order valence-electron chi connectivity index (χ3n) is 2.76. The van der Waals surface area contributed by atoms with Crippen LogP contribution in [0.25, 0.3) is 0 Å². The van der Waals surface area contributed by atoms with Gasteiger partial charge in [-0.3, -0.25) is 0 Å².